The molecule has 8 heteroatoms. The van der Waals surface area contributed by atoms with Crippen molar-refractivity contribution >= 4 is 5.69 Å². The first-order chi connectivity index (χ1) is 13.0. The van der Waals surface area contributed by atoms with Crippen LogP contribution >= 0.6 is 0 Å². The molecular formula is C19H20F2N2O4. The van der Waals surface area contributed by atoms with Gasteiger partial charge < -0.3 is 9.47 Å². The number of nitrogens with zero attached hydrogens (tertiary/aromatic N) is 2. The van der Waals surface area contributed by atoms with Crippen LogP contribution in [0.2, 0.25) is 0 Å². The van der Waals surface area contributed by atoms with E-state index in [1.807, 2.05) is 30.3 Å². The highest BCUT2D eigenvalue weighted by molar-refractivity contribution is 5.54. The SMILES string of the molecule is COc1cc(CN2CCCC2c2ccccc2)c([N+](=O)[O-])cc1OC(F)F. The van der Waals surface area contributed by atoms with E-state index < -0.39 is 11.5 Å². The molecule has 1 atom stereocenters. The quantitative estimate of drug-likeness (QED) is 0.523. The molecule has 1 saturated heterocycles. The van der Waals surface area contributed by atoms with E-state index in [0.717, 1.165) is 31.0 Å². The Morgan fingerprint density at radius 2 is 2.00 bits per heavy atom. The Balaban J connectivity index is 1.92. The van der Waals surface area contributed by atoms with E-state index in [1.165, 1.54) is 13.2 Å². The molecule has 1 fully saturated rings. The second-order valence-electron chi connectivity index (χ2n) is 6.31. The number of benzene rings is 2. The third kappa shape index (κ3) is 4.33. The van der Waals surface area contributed by atoms with Crippen molar-refractivity contribution in [1.82, 2.24) is 4.90 Å². The van der Waals surface area contributed by atoms with E-state index in [2.05, 4.69) is 9.64 Å². The molecule has 0 saturated carbocycles. The van der Waals surface area contributed by atoms with Crippen molar-refractivity contribution in [3.05, 3.63) is 63.7 Å². The lowest BCUT2D eigenvalue weighted by Gasteiger charge is -2.25. The monoisotopic (exact) mass is 378 g/mol. The van der Waals surface area contributed by atoms with Crippen LogP contribution in [0, 0.1) is 10.1 Å². The van der Waals surface area contributed by atoms with Crippen molar-refractivity contribution in [2.24, 2.45) is 0 Å². The van der Waals surface area contributed by atoms with Crippen LogP contribution in [-0.4, -0.2) is 30.1 Å². The third-order valence-electron chi connectivity index (χ3n) is 4.70. The minimum absolute atomic E-state index is 0.0476. The normalized spacial score (nSPS) is 17.3. The summed E-state index contributed by atoms with van der Waals surface area (Å²) >= 11 is 0. The van der Waals surface area contributed by atoms with Crippen molar-refractivity contribution in [3.8, 4) is 11.5 Å². The van der Waals surface area contributed by atoms with E-state index in [-0.39, 0.29) is 23.2 Å². The second kappa shape index (κ2) is 8.30. The standard InChI is InChI=1S/C19H20F2N2O4/c1-26-17-10-14(16(23(24)25)11-18(17)27-19(20)21)12-22-9-5-8-15(22)13-6-3-2-4-7-13/h2-4,6-7,10-11,15,19H,5,8-9,12H2,1H3. The number of nitro benzene ring substituents is 1. The maximum atomic E-state index is 12.6. The van der Waals surface area contributed by atoms with Gasteiger partial charge in [0.05, 0.1) is 18.1 Å². The minimum Gasteiger partial charge on any atom is -0.493 e. The maximum absolute atomic E-state index is 12.6. The molecule has 0 bridgehead atoms. The van der Waals surface area contributed by atoms with E-state index in [0.29, 0.717) is 12.1 Å². The first-order valence-corrected chi connectivity index (χ1v) is 8.58. The van der Waals surface area contributed by atoms with Crippen LogP contribution in [0.4, 0.5) is 14.5 Å². The van der Waals surface area contributed by atoms with Gasteiger partial charge in [0.15, 0.2) is 11.5 Å². The van der Waals surface area contributed by atoms with Crippen LogP contribution in [0.5, 0.6) is 11.5 Å². The Morgan fingerprint density at radius 3 is 2.63 bits per heavy atom. The second-order valence-corrected chi connectivity index (χ2v) is 6.31. The van der Waals surface area contributed by atoms with Gasteiger partial charge in [-0.05, 0) is 31.0 Å². The van der Waals surface area contributed by atoms with Crippen LogP contribution in [0.25, 0.3) is 0 Å². The Hall–Kier alpha value is -2.74. The summed E-state index contributed by atoms with van der Waals surface area (Å²) < 4.78 is 34.6. The van der Waals surface area contributed by atoms with E-state index in [1.54, 1.807) is 0 Å². The lowest BCUT2D eigenvalue weighted by Crippen LogP contribution is -2.23. The summed E-state index contributed by atoms with van der Waals surface area (Å²) in [5.74, 6) is -0.296. The number of likely N-dealkylation sites (tertiary alicyclic amines) is 1. The summed E-state index contributed by atoms with van der Waals surface area (Å²) in [5.41, 5.74) is 1.30. The number of rotatable bonds is 7. The van der Waals surface area contributed by atoms with E-state index in [4.69, 9.17) is 4.74 Å². The Kier molecular flexibility index (Phi) is 5.85. The van der Waals surface area contributed by atoms with Gasteiger partial charge in [-0.1, -0.05) is 30.3 Å². The third-order valence-corrected chi connectivity index (χ3v) is 4.70. The molecule has 0 aliphatic carbocycles. The number of hydrogen-bond acceptors (Lipinski definition) is 5. The van der Waals surface area contributed by atoms with Gasteiger partial charge in [-0.25, -0.2) is 0 Å². The van der Waals surface area contributed by atoms with Gasteiger partial charge in [-0.15, -0.1) is 0 Å². The van der Waals surface area contributed by atoms with Crippen LogP contribution in [0.15, 0.2) is 42.5 Å². The van der Waals surface area contributed by atoms with Gasteiger partial charge >= 0.3 is 6.61 Å². The molecule has 0 spiro atoms. The molecular weight excluding hydrogens is 358 g/mol. The van der Waals surface area contributed by atoms with E-state index >= 15 is 0 Å². The number of alkyl halides is 2. The fourth-order valence-electron chi connectivity index (χ4n) is 3.52. The summed E-state index contributed by atoms with van der Waals surface area (Å²) in [5, 5.41) is 11.5. The molecule has 0 radical (unpaired) electrons. The molecule has 1 unspecified atom stereocenters. The van der Waals surface area contributed by atoms with Crippen LogP contribution in [-0.2, 0) is 6.54 Å². The molecule has 0 N–H and O–H groups in total. The highest BCUT2D eigenvalue weighted by Crippen LogP contribution is 2.39. The molecule has 2 aromatic rings. The highest BCUT2D eigenvalue weighted by Gasteiger charge is 2.29. The van der Waals surface area contributed by atoms with Gasteiger partial charge in [0.1, 0.15) is 0 Å². The first-order valence-electron chi connectivity index (χ1n) is 8.58. The molecule has 144 valence electrons. The lowest BCUT2D eigenvalue weighted by atomic mass is 10.0. The number of hydrogen-bond donors (Lipinski definition) is 0. The summed E-state index contributed by atoms with van der Waals surface area (Å²) in [4.78, 5) is 13.1. The molecule has 2 aromatic carbocycles. The van der Waals surface area contributed by atoms with Crippen molar-refractivity contribution in [2.75, 3.05) is 13.7 Å². The zero-order valence-electron chi connectivity index (χ0n) is 14.8. The summed E-state index contributed by atoms with van der Waals surface area (Å²) in [6, 6.07) is 12.5. The van der Waals surface area contributed by atoms with Crippen molar-refractivity contribution in [3.63, 3.8) is 0 Å². The molecule has 1 aliphatic rings. The van der Waals surface area contributed by atoms with Gasteiger partial charge in [0, 0.05) is 18.2 Å². The first kappa shape index (κ1) is 19.0. The maximum Gasteiger partial charge on any atom is 0.387 e. The zero-order chi connectivity index (χ0) is 19.4. The topological polar surface area (TPSA) is 64.8 Å². The number of halogens is 2. The smallest absolute Gasteiger partial charge is 0.387 e. The Morgan fingerprint density at radius 1 is 1.26 bits per heavy atom. The Labute approximate surface area is 155 Å². The fourth-order valence-corrected chi connectivity index (χ4v) is 3.52. The van der Waals surface area contributed by atoms with Crippen LogP contribution in [0.3, 0.4) is 0 Å². The van der Waals surface area contributed by atoms with Crippen LogP contribution < -0.4 is 9.47 Å². The van der Waals surface area contributed by atoms with Crippen molar-refractivity contribution in [2.45, 2.75) is 32.0 Å². The molecule has 0 amide bonds. The fraction of sp³-hybridized carbons (Fsp3) is 0.368. The molecule has 0 aromatic heterocycles. The van der Waals surface area contributed by atoms with Gasteiger partial charge in [0.25, 0.3) is 5.69 Å². The number of methoxy groups -OCH3 is 1. The highest BCUT2D eigenvalue weighted by atomic mass is 19.3. The summed E-state index contributed by atoms with van der Waals surface area (Å²) in [6.45, 7) is -1.97. The minimum atomic E-state index is -3.09. The van der Waals surface area contributed by atoms with Gasteiger partial charge in [-0.3, -0.25) is 15.0 Å². The van der Waals surface area contributed by atoms with Gasteiger partial charge in [0.2, 0.25) is 0 Å². The van der Waals surface area contributed by atoms with Crippen molar-refractivity contribution < 1.29 is 23.2 Å². The molecule has 3 rings (SSSR count). The molecule has 1 heterocycles. The summed E-state index contributed by atoms with van der Waals surface area (Å²) in [6.07, 6.45) is 1.94. The predicted octanol–water partition coefficient (Wildman–Crippen LogP) is 4.54. The average Bonchev–Trinajstić information content (AvgIpc) is 3.10. The van der Waals surface area contributed by atoms with Gasteiger partial charge in [-0.2, -0.15) is 8.78 Å². The molecule has 1 aliphatic heterocycles. The number of nitro groups is 1. The largest absolute Gasteiger partial charge is 0.493 e. The average molecular weight is 378 g/mol. The summed E-state index contributed by atoms with van der Waals surface area (Å²) in [7, 11) is 1.31. The molecule has 6 nitrogen and oxygen atoms in total. The van der Waals surface area contributed by atoms with E-state index in [9.17, 15) is 18.9 Å². The van der Waals surface area contributed by atoms with Crippen molar-refractivity contribution in [1.29, 1.82) is 0 Å². The Bertz CT molecular complexity index is 802. The zero-order valence-corrected chi connectivity index (χ0v) is 14.8. The molecule has 27 heavy (non-hydrogen) atoms. The predicted molar refractivity (Wildman–Crippen MR) is 95.1 cm³/mol. The lowest BCUT2D eigenvalue weighted by molar-refractivity contribution is -0.385. The van der Waals surface area contributed by atoms with Crippen LogP contribution in [0.1, 0.15) is 30.0 Å². The number of ether oxygens (including phenoxy) is 2.